The first-order chi connectivity index (χ1) is 10.0. The fraction of sp³-hybridized carbons (Fsp3) is 0.200. The molecule has 0 fully saturated rings. The van der Waals surface area contributed by atoms with Crippen LogP contribution in [0, 0.1) is 6.92 Å². The lowest BCUT2D eigenvalue weighted by Gasteiger charge is -2.12. The average Bonchev–Trinajstić information content (AvgIpc) is 2.44. The maximum atomic E-state index is 12.4. The molecule has 21 heavy (non-hydrogen) atoms. The first-order valence-corrected chi connectivity index (χ1v) is 7.66. The van der Waals surface area contributed by atoms with Gasteiger partial charge < -0.3 is 10.6 Å². The minimum atomic E-state index is -0.235. The van der Waals surface area contributed by atoms with Gasteiger partial charge in [0.2, 0.25) is 0 Å². The molecule has 0 spiro atoms. The normalized spacial score (nSPS) is 10.3. The molecule has 1 amide bonds. The number of halogens is 2. The van der Waals surface area contributed by atoms with Crippen molar-refractivity contribution < 1.29 is 4.79 Å². The van der Waals surface area contributed by atoms with Crippen LogP contribution in [0.1, 0.15) is 23.0 Å². The van der Waals surface area contributed by atoms with Crippen LogP contribution in [0.4, 0.5) is 11.4 Å². The maximum absolute atomic E-state index is 12.4. The zero-order valence-electron chi connectivity index (χ0n) is 11.7. The number of aromatic nitrogens is 1. The van der Waals surface area contributed by atoms with Crippen molar-refractivity contribution in [3.63, 3.8) is 0 Å². The maximum Gasteiger partial charge on any atom is 0.259 e. The van der Waals surface area contributed by atoms with E-state index in [1.807, 2.05) is 19.9 Å². The largest absolute Gasteiger partial charge is 0.385 e. The number of amides is 1. The third-order valence-electron chi connectivity index (χ3n) is 2.85. The quantitative estimate of drug-likeness (QED) is 0.836. The first-order valence-electron chi connectivity index (χ1n) is 6.48. The summed E-state index contributed by atoms with van der Waals surface area (Å²) < 4.78 is 0.657. The van der Waals surface area contributed by atoms with Gasteiger partial charge in [-0.15, -0.1) is 0 Å². The molecule has 0 saturated heterocycles. The Balaban J connectivity index is 2.30. The number of carbonyl (C=O) groups excluding carboxylic acids is 1. The molecule has 2 rings (SSSR count). The van der Waals surface area contributed by atoms with E-state index in [4.69, 9.17) is 11.6 Å². The second kappa shape index (κ2) is 6.91. The number of rotatable bonds is 4. The molecule has 0 saturated carbocycles. The molecule has 0 unspecified atom stereocenters. The van der Waals surface area contributed by atoms with Gasteiger partial charge in [-0.3, -0.25) is 9.78 Å². The van der Waals surface area contributed by atoms with Gasteiger partial charge in [0.15, 0.2) is 0 Å². The molecule has 0 radical (unpaired) electrons. The summed E-state index contributed by atoms with van der Waals surface area (Å²) in [5.74, 6) is -0.235. The molecule has 4 nitrogen and oxygen atoms in total. The second-order valence-electron chi connectivity index (χ2n) is 4.46. The van der Waals surface area contributed by atoms with Crippen molar-refractivity contribution in [1.29, 1.82) is 0 Å². The Morgan fingerprint density at radius 2 is 2.14 bits per heavy atom. The average molecular weight is 369 g/mol. The van der Waals surface area contributed by atoms with Gasteiger partial charge in [-0.1, -0.05) is 17.7 Å². The molecule has 110 valence electrons. The van der Waals surface area contributed by atoms with Crippen molar-refractivity contribution in [2.45, 2.75) is 13.8 Å². The second-order valence-corrected chi connectivity index (χ2v) is 5.66. The van der Waals surface area contributed by atoms with E-state index in [0.717, 1.165) is 17.9 Å². The number of hydrogen-bond donors (Lipinski definition) is 2. The summed E-state index contributed by atoms with van der Waals surface area (Å²) in [6.45, 7) is 4.59. The monoisotopic (exact) mass is 367 g/mol. The number of nitrogens with one attached hydrogen (secondary N) is 2. The predicted molar refractivity (Wildman–Crippen MR) is 90.2 cm³/mol. The molecule has 0 bridgehead atoms. The minimum absolute atomic E-state index is 0.235. The summed E-state index contributed by atoms with van der Waals surface area (Å²) in [6, 6.07) is 7.16. The summed E-state index contributed by atoms with van der Waals surface area (Å²) >= 11 is 9.39. The summed E-state index contributed by atoms with van der Waals surface area (Å²) in [7, 11) is 0. The third-order valence-corrected chi connectivity index (χ3v) is 4.25. The Morgan fingerprint density at radius 1 is 1.38 bits per heavy atom. The van der Waals surface area contributed by atoms with Gasteiger partial charge >= 0.3 is 0 Å². The van der Waals surface area contributed by atoms with E-state index < -0.39 is 0 Å². The van der Waals surface area contributed by atoms with Crippen LogP contribution < -0.4 is 10.6 Å². The van der Waals surface area contributed by atoms with Crippen molar-refractivity contribution in [3.05, 3.63) is 51.2 Å². The van der Waals surface area contributed by atoms with Crippen LogP contribution in [-0.4, -0.2) is 17.4 Å². The Bertz CT molecular complexity index is 676. The van der Waals surface area contributed by atoms with Crippen molar-refractivity contribution in [3.8, 4) is 0 Å². The van der Waals surface area contributed by atoms with Gasteiger partial charge in [0, 0.05) is 18.4 Å². The summed E-state index contributed by atoms with van der Waals surface area (Å²) in [5, 5.41) is 6.55. The molecule has 0 aliphatic carbocycles. The molecular formula is C15H15BrClN3O. The number of nitrogens with zero attached hydrogens (tertiary/aromatic N) is 1. The number of pyridine rings is 1. The van der Waals surface area contributed by atoms with Crippen LogP contribution >= 0.6 is 27.5 Å². The Morgan fingerprint density at radius 3 is 2.86 bits per heavy atom. The number of carbonyl (C=O) groups is 1. The van der Waals surface area contributed by atoms with Gasteiger partial charge in [0.1, 0.15) is 0 Å². The Kier molecular flexibility index (Phi) is 5.20. The van der Waals surface area contributed by atoms with Gasteiger partial charge in [-0.2, -0.15) is 0 Å². The molecule has 1 heterocycles. The lowest BCUT2D eigenvalue weighted by atomic mass is 10.2. The molecule has 2 aromatic rings. The van der Waals surface area contributed by atoms with E-state index in [1.165, 1.54) is 0 Å². The SMILES string of the molecule is CCNc1cc(C)ncc1C(=O)Nc1cccc(Cl)c1Br. The highest BCUT2D eigenvalue weighted by Gasteiger charge is 2.14. The van der Waals surface area contributed by atoms with Gasteiger partial charge in [-0.05, 0) is 48.0 Å². The number of benzene rings is 1. The van der Waals surface area contributed by atoms with Crippen LogP contribution in [0.5, 0.6) is 0 Å². The van der Waals surface area contributed by atoms with Gasteiger partial charge in [-0.25, -0.2) is 0 Å². The van der Waals surface area contributed by atoms with E-state index in [0.29, 0.717) is 20.7 Å². The highest BCUT2D eigenvalue weighted by molar-refractivity contribution is 9.10. The van der Waals surface area contributed by atoms with Crippen molar-refractivity contribution >= 4 is 44.8 Å². The first kappa shape index (κ1) is 15.8. The highest BCUT2D eigenvalue weighted by atomic mass is 79.9. The van der Waals surface area contributed by atoms with Crippen molar-refractivity contribution in [2.24, 2.45) is 0 Å². The Hall–Kier alpha value is -1.59. The van der Waals surface area contributed by atoms with E-state index in [9.17, 15) is 4.79 Å². The number of anilines is 2. The molecule has 1 aromatic carbocycles. The molecule has 0 atom stereocenters. The van der Waals surface area contributed by atoms with E-state index in [2.05, 4.69) is 31.5 Å². The summed E-state index contributed by atoms with van der Waals surface area (Å²) in [5.41, 5.74) is 2.73. The van der Waals surface area contributed by atoms with Crippen LogP contribution in [0.25, 0.3) is 0 Å². The topological polar surface area (TPSA) is 54.0 Å². The molecule has 2 N–H and O–H groups in total. The van der Waals surface area contributed by atoms with Crippen LogP contribution in [-0.2, 0) is 0 Å². The lowest BCUT2D eigenvalue weighted by Crippen LogP contribution is -2.16. The lowest BCUT2D eigenvalue weighted by molar-refractivity contribution is 0.102. The molecular weight excluding hydrogens is 354 g/mol. The highest BCUT2D eigenvalue weighted by Crippen LogP contribution is 2.30. The number of aryl methyl sites for hydroxylation is 1. The van der Waals surface area contributed by atoms with E-state index in [1.54, 1.807) is 24.4 Å². The zero-order valence-corrected chi connectivity index (χ0v) is 14.0. The summed E-state index contributed by atoms with van der Waals surface area (Å²) in [6.07, 6.45) is 1.57. The standard InChI is InChI=1S/C15H15BrClN3O/c1-3-18-13-7-9(2)19-8-10(13)15(21)20-12-6-4-5-11(17)14(12)16/h4-8H,3H2,1-2H3,(H,18,19)(H,20,21). The zero-order chi connectivity index (χ0) is 15.4. The molecule has 0 aliphatic heterocycles. The van der Waals surface area contributed by atoms with Gasteiger partial charge in [0.25, 0.3) is 5.91 Å². The third kappa shape index (κ3) is 3.74. The van der Waals surface area contributed by atoms with E-state index >= 15 is 0 Å². The minimum Gasteiger partial charge on any atom is -0.385 e. The van der Waals surface area contributed by atoms with Gasteiger partial charge in [0.05, 0.1) is 26.4 Å². The summed E-state index contributed by atoms with van der Waals surface area (Å²) in [4.78, 5) is 16.6. The van der Waals surface area contributed by atoms with E-state index in [-0.39, 0.29) is 5.91 Å². The van der Waals surface area contributed by atoms with Crippen LogP contribution in [0.2, 0.25) is 5.02 Å². The smallest absolute Gasteiger partial charge is 0.259 e. The fourth-order valence-corrected chi connectivity index (χ4v) is 2.41. The molecule has 1 aromatic heterocycles. The van der Waals surface area contributed by atoms with Crippen molar-refractivity contribution in [1.82, 2.24) is 4.98 Å². The molecule has 6 heteroatoms. The predicted octanol–water partition coefficient (Wildman–Crippen LogP) is 4.49. The van der Waals surface area contributed by atoms with Crippen molar-refractivity contribution in [2.75, 3.05) is 17.2 Å². The number of hydrogen-bond acceptors (Lipinski definition) is 3. The van der Waals surface area contributed by atoms with Crippen LogP contribution in [0.15, 0.2) is 34.9 Å². The fourth-order valence-electron chi connectivity index (χ4n) is 1.87. The Labute approximate surface area is 137 Å². The van der Waals surface area contributed by atoms with Crippen LogP contribution in [0.3, 0.4) is 0 Å². The molecule has 0 aliphatic rings.